The van der Waals surface area contributed by atoms with Gasteiger partial charge in [-0.3, -0.25) is 4.79 Å². The van der Waals surface area contributed by atoms with Gasteiger partial charge < -0.3 is 14.4 Å². The molecule has 1 fully saturated rings. The third-order valence-corrected chi connectivity index (χ3v) is 3.77. The van der Waals surface area contributed by atoms with Gasteiger partial charge in [-0.2, -0.15) is 0 Å². The second kappa shape index (κ2) is 8.02. The Morgan fingerprint density at radius 2 is 1.79 bits per heavy atom. The Morgan fingerprint density at radius 3 is 2.26 bits per heavy atom. The molecule has 1 rings (SSSR count). The lowest BCUT2D eigenvalue weighted by molar-refractivity contribution is -0.144. The van der Waals surface area contributed by atoms with Crippen LogP contribution in [0.2, 0.25) is 0 Å². The van der Waals surface area contributed by atoms with Crippen LogP contribution in [-0.4, -0.2) is 43.3 Å². The number of carbonyl (C=O) groups is 2. The first-order chi connectivity index (χ1) is 9.12. The SMILES string of the molecule is CCOC(=O)C[C@H]1CC[C@H](N(CC)C(=O)OC)CC1. The van der Waals surface area contributed by atoms with Crippen LogP contribution in [0.3, 0.4) is 0 Å². The molecular weight excluding hydrogens is 246 g/mol. The van der Waals surface area contributed by atoms with E-state index < -0.39 is 0 Å². The maximum Gasteiger partial charge on any atom is 0.409 e. The number of ether oxygens (including phenoxy) is 2. The normalized spacial score (nSPS) is 22.7. The van der Waals surface area contributed by atoms with Gasteiger partial charge >= 0.3 is 12.1 Å². The van der Waals surface area contributed by atoms with Gasteiger partial charge in [0.1, 0.15) is 0 Å². The summed E-state index contributed by atoms with van der Waals surface area (Å²) >= 11 is 0. The predicted molar refractivity (Wildman–Crippen MR) is 71.8 cm³/mol. The fourth-order valence-electron chi connectivity index (χ4n) is 2.77. The minimum absolute atomic E-state index is 0.105. The maximum absolute atomic E-state index is 11.6. The number of carbonyl (C=O) groups excluding carboxylic acids is 2. The Bertz CT molecular complexity index is 298. The Labute approximate surface area is 115 Å². The van der Waals surface area contributed by atoms with Gasteiger partial charge in [-0.05, 0) is 45.4 Å². The van der Waals surface area contributed by atoms with Gasteiger partial charge in [-0.1, -0.05) is 0 Å². The molecule has 0 N–H and O–H groups in total. The molecule has 0 radical (unpaired) electrons. The van der Waals surface area contributed by atoms with Crippen LogP contribution in [0.25, 0.3) is 0 Å². The number of esters is 1. The second-order valence-corrected chi connectivity index (χ2v) is 4.94. The number of nitrogens with zero attached hydrogens (tertiary/aromatic N) is 1. The van der Waals surface area contributed by atoms with Crippen molar-refractivity contribution in [2.75, 3.05) is 20.3 Å². The zero-order valence-corrected chi connectivity index (χ0v) is 12.2. The number of methoxy groups -OCH3 is 1. The highest BCUT2D eigenvalue weighted by molar-refractivity contribution is 5.69. The second-order valence-electron chi connectivity index (χ2n) is 4.94. The molecule has 110 valence electrons. The lowest BCUT2D eigenvalue weighted by atomic mass is 9.83. The summed E-state index contributed by atoms with van der Waals surface area (Å²) in [4.78, 5) is 24.8. The quantitative estimate of drug-likeness (QED) is 0.721. The molecule has 0 spiro atoms. The molecule has 0 aromatic heterocycles. The van der Waals surface area contributed by atoms with Crippen molar-refractivity contribution in [2.24, 2.45) is 5.92 Å². The maximum atomic E-state index is 11.6. The van der Waals surface area contributed by atoms with Crippen LogP contribution in [0, 0.1) is 5.92 Å². The van der Waals surface area contributed by atoms with Gasteiger partial charge in [0.25, 0.3) is 0 Å². The average Bonchev–Trinajstić information content (AvgIpc) is 2.41. The van der Waals surface area contributed by atoms with Gasteiger partial charge in [0.15, 0.2) is 0 Å². The first-order valence-electron chi connectivity index (χ1n) is 7.12. The Kier molecular flexibility index (Phi) is 6.67. The molecule has 0 bridgehead atoms. The summed E-state index contributed by atoms with van der Waals surface area (Å²) in [7, 11) is 1.41. The lowest BCUT2D eigenvalue weighted by Crippen LogP contribution is -2.42. The molecule has 1 aliphatic carbocycles. The van der Waals surface area contributed by atoms with Crippen molar-refractivity contribution in [1.82, 2.24) is 4.90 Å². The minimum Gasteiger partial charge on any atom is -0.466 e. The van der Waals surface area contributed by atoms with Crippen LogP contribution in [0.4, 0.5) is 4.79 Å². The number of rotatable bonds is 5. The molecule has 5 heteroatoms. The molecular formula is C14H25NO4. The van der Waals surface area contributed by atoms with Gasteiger partial charge in [0, 0.05) is 19.0 Å². The monoisotopic (exact) mass is 271 g/mol. The molecule has 0 unspecified atom stereocenters. The smallest absolute Gasteiger partial charge is 0.409 e. The first-order valence-corrected chi connectivity index (χ1v) is 7.12. The number of hydrogen-bond donors (Lipinski definition) is 0. The van der Waals surface area contributed by atoms with Gasteiger partial charge in [0.2, 0.25) is 0 Å². The Balaban J connectivity index is 2.39. The van der Waals surface area contributed by atoms with Crippen molar-refractivity contribution >= 4 is 12.1 Å². The molecule has 19 heavy (non-hydrogen) atoms. The van der Waals surface area contributed by atoms with Crippen molar-refractivity contribution in [3.8, 4) is 0 Å². The number of amides is 1. The summed E-state index contributed by atoms with van der Waals surface area (Å²) in [6, 6.07) is 0.246. The zero-order valence-electron chi connectivity index (χ0n) is 12.2. The van der Waals surface area contributed by atoms with Crippen LogP contribution in [0.1, 0.15) is 46.0 Å². The van der Waals surface area contributed by atoms with E-state index in [1.165, 1.54) is 7.11 Å². The molecule has 1 aliphatic rings. The lowest BCUT2D eigenvalue weighted by Gasteiger charge is -2.35. The van der Waals surface area contributed by atoms with Crippen LogP contribution < -0.4 is 0 Å². The third kappa shape index (κ3) is 4.73. The van der Waals surface area contributed by atoms with E-state index in [-0.39, 0.29) is 18.1 Å². The molecule has 0 heterocycles. The van der Waals surface area contributed by atoms with Gasteiger partial charge in [-0.15, -0.1) is 0 Å². The fraction of sp³-hybridized carbons (Fsp3) is 0.857. The van der Waals surface area contributed by atoms with Gasteiger partial charge in [0.05, 0.1) is 13.7 Å². The highest BCUT2D eigenvalue weighted by Gasteiger charge is 2.29. The Hall–Kier alpha value is -1.26. The van der Waals surface area contributed by atoms with Crippen LogP contribution >= 0.6 is 0 Å². The topological polar surface area (TPSA) is 55.8 Å². The van der Waals surface area contributed by atoms with Crippen molar-refractivity contribution in [1.29, 1.82) is 0 Å². The summed E-state index contributed by atoms with van der Waals surface area (Å²) < 4.78 is 9.76. The standard InChI is InChI=1S/C14H25NO4/c1-4-15(14(17)18-3)12-8-6-11(7-9-12)10-13(16)19-5-2/h11-12H,4-10H2,1-3H3/t11-,12-. The molecule has 5 nitrogen and oxygen atoms in total. The third-order valence-electron chi connectivity index (χ3n) is 3.77. The average molecular weight is 271 g/mol. The summed E-state index contributed by atoms with van der Waals surface area (Å²) in [5.41, 5.74) is 0. The van der Waals surface area contributed by atoms with E-state index in [4.69, 9.17) is 9.47 Å². The first kappa shape index (κ1) is 15.8. The predicted octanol–water partition coefficient (Wildman–Crippen LogP) is 2.59. The fourth-order valence-corrected chi connectivity index (χ4v) is 2.77. The van der Waals surface area contributed by atoms with Crippen LogP contribution in [0.15, 0.2) is 0 Å². The zero-order chi connectivity index (χ0) is 14.3. The van der Waals surface area contributed by atoms with Crippen molar-refractivity contribution in [2.45, 2.75) is 52.0 Å². The van der Waals surface area contributed by atoms with E-state index in [9.17, 15) is 9.59 Å². The molecule has 0 aromatic rings. The molecule has 1 saturated carbocycles. The number of hydrogen-bond acceptors (Lipinski definition) is 4. The van der Waals surface area contributed by atoms with E-state index in [0.717, 1.165) is 25.7 Å². The summed E-state index contributed by atoms with van der Waals surface area (Å²) in [5.74, 6) is 0.290. The molecule has 1 amide bonds. The molecule has 0 atom stereocenters. The van der Waals surface area contributed by atoms with E-state index in [1.807, 2.05) is 13.8 Å². The minimum atomic E-state index is -0.253. The van der Waals surface area contributed by atoms with Crippen molar-refractivity contribution < 1.29 is 19.1 Å². The van der Waals surface area contributed by atoms with E-state index in [2.05, 4.69) is 0 Å². The van der Waals surface area contributed by atoms with Crippen LogP contribution in [-0.2, 0) is 14.3 Å². The van der Waals surface area contributed by atoms with Crippen molar-refractivity contribution in [3.63, 3.8) is 0 Å². The molecule has 0 aromatic carbocycles. The van der Waals surface area contributed by atoms with Crippen LogP contribution in [0.5, 0.6) is 0 Å². The summed E-state index contributed by atoms with van der Waals surface area (Å²) in [6.07, 6.45) is 4.06. The van der Waals surface area contributed by atoms with E-state index in [1.54, 1.807) is 4.90 Å². The van der Waals surface area contributed by atoms with E-state index in [0.29, 0.717) is 25.5 Å². The van der Waals surface area contributed by atoms with Crippen molar-refractivity contribution in [3.05, 3.63) is 0 Å². The highest BCUT2D eigenvalue weighted by Crippen LogP contribution is 2.30. The van der Waals surface area contributed by atoms with E-state index >= 15 is 0 Å². The summed E-state index contributed by atoms with van der Waals surface area (Å²) in [6.45, 7) is 4.89. The largest absolute Gasteiger partial charge is 0.466 e. The molecule has 0 aliphatic heterocycles. The molecule has 0 saturated heterocycles. The van der Waals surface area contributed by atoms with Gasteiger partial charge in [-0.25, -0.2) is 4.79 Å². The summed E-state index contributed by atoms with van der Waals surface area (Å²) in [5, 5.41) is 0. The highest BCUT2D eigenvalue weighted by atomic mass is 16.5. The Morgan fingerprint density at radius 1 is 1.16 bits per heavy atom.